The number of nitrogens with one attached hydrogen (secondary N) is 1. The fraction of sp³-hybridized carbons (Fsp3) is 0.520. The Morgan fingerprint density at radius 2 is 1.97 bits per heavy atom. The first kappa shape index (κ1) is 26.2. The second-order valence-corrected chi connectivity index (χ2v) is 9.71. The molecule has 0 radical (unpaired) electrons. The molecule has 1 fully saturated rings. The van der Waals surface area contributed by atoms with E-state index in [1.165, 1.54) is 13.2 Å². The molecule has 2 aromatic heterocycles. The Kier molecular flexibility index (Phi) is 6.68. The first-order chi connectivity index (χ1) is 18.1. The van der Waals surface area contributed by atoms with Gasteiger partial charge < -0.3 is 25.4 Å². The third-order valence-corrected chi connectivity index (χ3v) is 7.36. The number of fused-ring (bicyclic) bond motifs is 3. The van der Waals surface area contributed by atoms with Crippen LogP contribution in [-0.2, 0) is 40.0 Å². The van der Waals surface area contributed by atoms with Crippen LogP contribution in [0, 0.1) is 0 Å². The van der Waals surface area contributed by atoms with Crippen LogP contribution in [0.1, 0.15) is 60.9 Å². The van der Waals surface area contributed by atoms with E-state index in [4.69, 9.17) is 15.2 Å². The molecule has 0 spiro atoms. The van der Waals surface area contributed by atoms with Crippen molar-refractivity contribution in [1.82, 2.24) is 24.5 Å². The van der Waals surface area contributed by atoms with Gasteiger partial charge >= 0.3 is 6.18 Å². The van der Waals surface area contributed by atoms with Gasteiger partial charge in [0.05, 0.1) is 30.4 Å². The van der Waals surface area contributed by atoms with Crippen LogP contribution in [0.25, 0.3) is 5.78 Å². The van der Waals surface area contributed by atoms with Crippen molar-refractivity contribution in [2.45, 2.75) is 64.0 Å². The van der Waals surface area contributed by atoms with Gasteiger partial charge in [-0.2, -0.15) is 18.2 Å². The maximum Gasteiger partial charge on any atom is 0.416 e. The molecule has 5 rings (SSSR count). The number of anilines is 2. The van der Waals surface area contributed by atoms with Gasteiger partial charge in [-0.05, 0) is 30.7 Å². The summed E-state index contributed by atoms with van der Waals surface area (Å²) in [4.78, 5) is 20.1. The van der Waals surface area contributed by atoms with Gasteiger partial charge in [-0.1, -0.05) is 6.92 Å². The zero-order chi connectivity index (χ0) is 27.2. The average Bonchev–Trinajstić information content (AvgIpc) is 3.52. The Morgan fingerprint density at radius 1 is 1.24 bits per heavy atom. The Morgan fingerprint density at radius 3 is 2.63 bits per heavy atom. The number of benzene rings is 1. The largest absolute Gasteiger partial charge is 0.416 e. The number of nitrogens with zero attached hydrogens (tertiary/aromatic N) is 5. The molecule has 2 aliphatic heterocycles. The van der Waals surface area contributed by atoms with Crippen LogP contribution in [-0.4, -0.2) is 56.3 Å². The second-order valence-electron chi connectivity index (χ2n) is 9.71. The standard InChI is InChI=1S/C25H30F3N7O3/c1-4-20-32-33-23-31-21(30-14(2)15-9-16(25(26,27)28)11-17(29)10-15)18-12-34(13-19(18)35(20)23)22(36)24(37-3)5-7-38-8-6-24/h9-11,14H,4-8,12-13,29H2,1-3H3,(H,30,31,33). The number of rotatable bonds is 6. The van der Waals surface area contributed by atoms with Gasteiger partial charge in [-0.3, -0.25) is 9.20 Å². The lowest BCUT2D eigenvalue weighted by molar-refractivity contribution is -0.167. The number of alkyl halides is 3. The summed E-state index contributed by atoms with van der Waals surface area (Å²) >= 11 is 0. The molecule has 13 heteroatoms. The van der Waals surface area contributed by atoms with Crippen LogP contribution < -0.4 is 11.1 Å². The number of ether oxygens (including phenoxy) is 2. The van der Waals surface area contributed by atoms with Crippen molar-refractivity contribution in [3.8, 4) is 0 Å². The van der Waals surface area contributed by atoms with Crippen LogP contribution in [0.15, 0.2) is 18.2 Å². The minimum atomic E-state index is -4.53. The molecule has 10 nitrogen and oxygen atoms in total. The molecule has 4 heterocycles. The molecule has 0 aliphatic carbocycles. The van der Waals surface area contributed by atoms with E-state index < -0.39 is 23.4 Å². The molecule has 3 aromatic rings. The Balaban J connectivity index is 1.51. The predicted octanol–water partition coefficient (Wildman–Crippen LogP) is 3.50. The van der Waals surface area contributed by atoms with Gasteiger partial charge in [0, 0.05) is 50.8 Å². The molecule has 1 unspecified atom stereocenters. The lowest BCUT2D eigenvalue weighted by atomic mass is 9.92. The molecule has 38 heavy (non-hydrogen) atoms. The number of aryl methyl sites for hydroxylation is 1. The van der Waals surface area contributed by atoms with Crippen molar-refractivity contribution in [2.75, 3.05) is 31.4 Å². The maximum atomic E-state index is 13.7. The van der Waals surface area contributed by atoms with E-state index in [1.807, 2.05) is 11.3 Å². The van der Waals surface area contributed by atoms with E-state index in [1.54, 1.807) is 11.8 Å². The summed E-state index contributed by atoms with van der Waals surface area (Å²) < 4.78 is 53.2. The van der Waals surface area contributed by atoms with Gasteiger partial charge in [0.2, 0.25) is 0 Å². The van der Waals surface area contributed by atoms with E-state index in [-0.39, 0.29) is 18.1 Å². The summed E-state index contributed by atoms with van der Waals surface area (Å²) in [6.07, 6.45) is -3.01. The van der Waals surface area contributed by atoms with Crippen LogP contribution >= 0.6 is 0 Å². The number of halogens is 3. The zero-order valence-electron chi connectivity index (χ0n) is 21.4. The number of amides is 1. The first-order valence-electron chi connectivity index (χ1n) is 12.5. The van der Waals surface area contributed by atoms with Gasteiger partial charge in [0.25, 0.3) is 11.7 Å². The number of nitrogens with two attached hydrogens (primary N) is 1. The summed E-state index contributed by atoms with van der Waals surface area (Å²) in [5, 5.41) is 11.7. The highest BCUT2D eigenvalue weighted by Gasteiger charge is 2.45. The molecular weight excluding hydrogens is 503 g/mol. The molecule has 3 N–H and O–H groups in total. The number of methoxy groups -OCH3 is 1. The number of hydrogen-bond donors (Lipinski definition) is 2. The van der Waals surface area contributed by atoms with Gasteiger partial charge in [-0.15, -0.1) is 10.2 Å². The second kappa shape index (κ2) is 9.70. The van der Waals surface area contributed by atoms with Gasteiger partial charge in [0.15, 0.2) is 5.60 Å². The lowest BCUT2D eigenvalue weighted by Crippen LogP contribution is -2.51. The predicted molar refractivity (Wildman–Crippen MR) is 132 cm³/mol. The monoisotopic (exact) mass is 533 g/mol. The third-order valence-electron chi connectivity index (χ3n) is 7.36. The fourth-order valence-corrected chi connectivity index (χ4v) is 5.22. The molecule has 0 bridgehead atoms. The Hall–Kier alpha value is -3.45. The Bertz CT molecular complexity index is 1370. The van der Waals surface area contributed by atoms with E-state index in [0.29, 0.717) is 62.0 Å². The molecule has 2 aliphatic rings. The van der Waals surface area contributed by atoms with E-state index in [9.17, 15) is 18.0 Å². The van der Waals surface area contributed by atoms with E-state index in [2.05, 4.69) is 20.5 Å². The highest BCUT2D eigenvalue weighted by atomic mass is 19.4. The van der Waals surface area contributed by atoms with Crippen molar-refractivity contribution in [2.24, 2.45) is 0 Å². The van der Waals surface area contributed by atoms with E-state index >= 15 is 0 Å². The first-order valence-corrected chi connectivity index (χ1v) is 12.5. The zero-order valence-corrected chi connectivity index (χ0v) is 21.4. The molecule has 1 atom stereocenters. The van der Waals surface area contributed by atoms with Crippen molar-refractivity contribution >= 4 is 23.2 Å². The molecule has 0 saturated carbocycles. The number of carbonyl (C=O) groups is 1. The molecular formula is C25H30F3N7O3. The highest BCUT2D eigenvalue weighted by Crippen LogP contribution is 2.37. The molecule has 1 amide bonds. The SMILES string of the molecule is CCc1nnc2nc(NC(C)c3cc(N)cc(C(F)(F)F)c3)c3c(n12)CN(C(=O)C1(OC)CCOCC1)C3. The maximum absolute atomic E-state index is 13.7. The molecule has 1 saturated heterocycles. The smallest absolute Gasteiger partial charge is 0.399 e. The topological polar surface area (TPSA) is 120 Å². The minimum absolute atomic E-state index is 0.0141. The number of nitrogen functional groups attached to an aromatic ring is 1. The fourth-order valence-electron chi connectivity index (χ4n) is 5.22. The van der Waals surface area contributed by atoms with Crippen LogP contribution in [0.5, 0.6) is 0 Å². The third kappa shape index (κ3) is 4.53. The minimum Gasteiger partial charge on any atom is -0.399 e. The van der Waals surface area contributed by atoms with Gasteiger partial charge in [-0.25, -0.2) is 0 Å². The number of hydrogen-bond acceptors (Lipinski definition) is 8. The lowest BCUT2D eigenvalue weighted by Gasteiger charge is -2.37. The summed E-state index contributed by atoms with van der Waals surface area (Å²) in [7, 11) is 1.54. The summed E-state index contributed by atoms with van der Waals surface area (Å²) in [6.45, 7) is 5.10. The van der Waals surface area contributed by atoms with Gasteiger partial charge in [0.1, 0.15) is 11.6 Å². The van der Waals surface area contributed by atoms with Crippen molar-refractivity contribution in [1.29, 1.82) is 0 Å². The summed E-state index contributed by atoms with van der Waals surface area (Å²) in [5.74, 6) is 1.35. The summed E-state index contributed by atoms with van der Waals surface area (Å²) in [5.41, 5.74) is 5.93. The average molecular weight is 534 g/mol. The number of carbonyl (C=O) groups excluding carboxylic acids is 1. The normalized spacial score (nSPS) is 18.0. The quantitative estimate of drug-likeness (QED) is 0.462. The molecule has 1 aromatic carbocycles. The van der Waals surface area contributed by atoms with Crippen molar-refractivity contribution < 1.29 is 27.4 Å². The Labute approximate surface area is 217 Å². The van der Waals surface area contributed by atoms with Crippen LogP contribution in [0.3, 0.4) is 0 Å². The van der Waals surface area contributed by atoms with Crippen LogP contribution in [0.4, 0.5) is 24.7 Å². The summed E-state index contributed by atoms with van der Waals surface area (Å²) in [6, 6.07) is 2.91. The van der Waals surface area contributed by atoms with Crippen LogP contribution in [0.2, 0.25) is 0 Å². The van der Waals surface area contributed by atoms with E-state index in [0.717, 1.165) is 23.4 Å². The van der Waals surface area contributed by atoms with Crippen molar-refractivity contribution in [3.05, 3.63) is 46.4 Å². The number of aromatic nitrogens is 4. The highest BCUT2D eigenvalue weighted by molar-refractivity contribution is 5.86. The molecule has 204 valence electrons. The van der Waals surface area contributed by atoms with Crippen molar-refractivity contribution in [3.63, 3.8) is 0 Å².